The molecule has 42 heavy (non-hydrogen) atoms. The molecule has 3 aliphatic heterocycles. The van der Waals surface area contributed by atoms with Crippen LogP contribution in [0.4, 0.5) is 21.5 Å². The third-order valence-electron chi connectivity index (χ3n) is 8.59. The number of carbonyl (C=O) groups is 3. The van der Waals surface area contributed by atoms with Gasteiger partial charge in [-0.05, 0) is 47.5 Å². The Morgan fingerprint density at radius 2 is 1.57 bits per heavy atom. The summed E-state index contributed by atoms with van der Waals surface area (Å²) in [6, 6.07) is 23.1. The Balaban J connectivity index is 1.52. The molecule has 7 rings (SSSR count). The van der Waals surface area contributed by atoms with Gasteiger partial charge < -0.3 is 10.2 Å². The number of benzene rings is 4. The highest BCUT2D eigenvalue weighted by Gasteiger charge is 2.70. The van der Waals surface area contributed by atoms with Crippen molar-refractivity contribution in [2.24, 2.45) is 5.92 Å². The largest absolute Gasteiger partial charge is 0.352 e. The minimum atomic E-state index is -1.58. The number of halogens is 1. The first-order valence-corrected chi connectivity index (χ1v) is 13.4. The summed E-state index contributed by atoms with van der Waals surface area (Å²) in [5.41, 5.74) is 0.626. The Hall–Kier alpha value is -5.44. The lowest BCUT2D eigenvalue weighted by Crippen LogP contribution is -2.51. The predicted molar refractivity (Wildman–Crippen MR) is 154 cm³/mol. The molecule has 1 N–H and O–H groups in total. The first kappa shape index (κ1) is 25.5. The van der Waals surface area contributed by atoms with Crippen LogP contribution < -0.4 is 10.2 Å². The normalized spacial score (nSPS) is 23.2. The van der Waals surface area contributed by atoms with Gasteiger partial charge in [-0.25, -0.2) is 4.39 Å². The fourth-order valence-electron chi connectivity index (χ4n) is 6.87. The maximum absolute atomic E-state index is 15.2. The van der Waals surface area contributed by atoms with Crippen molar-refractivity contribution in [3.63, 3.8) is 0 Å². The number of ketones is 2. The summed E-state index contributed by atoms with van der Waals surface area (Å²) in [4.78, 5) is 56.0. The molecule has 0 saturated carbocycles. The van der Waals surface area contributed by atoms with Crippen LogP contribution in [0.15, 0.2) is 103 Å². The Morgan fingerprint density at radius 3 is 2.33 bits per heavy atom. The quantitative estimate of drug-likeness (QED) is 0.194. The van der Waals surface area contributed by atoms with Crippen molar-refractivity contribution >= 4 is 40.6 Å². The summed E-state index contributed by atoms with van der Waals surface area (Å²) in [7, 11) is 0. The Labute approximate surface area is 239 Å². The molecule has 0 aliphatic carbocycles. The molecule has 206 valence electrons. The number of amides is 1. The fraction of sp³-hybridized carbons (Fsp3) is 0.121. The van der Waals surface area contributed by atoms with E-state index in [1.54, 1.807) is 29.2 Å². The molecule has 1 amide bonds. The summed E-state index contributed by atoms with van der Waals surface area (Å²) in [6.07, 6.45) is 3.70. The molecule has 0 radical (unpaired) electrons. The van der Waals surface area contributed by atoms with Gasteiger partial charge in [-0.3, -0.25) is 24.5 Å². The molecule has 0 bridgehead atoms. The van der Waals surface area contributed by atoms with Gasteiger partial charge in [0.25, 0.3) is 5.69 Å². The topological polar surface area (TPSA) is 110 Å². The minimum Gasteiger partial charge on any atom is -0.352 e. The second-order valence-electron chi connectivity index (χ2n) is 10.6. The van der Waals surface area contributed by atoms with Gasteiger partial charge in [-0.15, -0.1) is 0 Å². The fourth-order valence-corrected chi connectivity index (χ4v) is 6.87. The van der Waals surface area contributed by atoms with Crippen molar-refractivity contribution in [1.82, 2.24) is 0 Å². The lowest BCUT2D eigenvalue weighted by atomic mass is 9.64. The highest BCUT2D eigenvalue weighted by molar-refractivity contribution is 6.18. The van der Waals surface area contributed by atoms with E-state index in [0.717, 1.165) is 5.56 Å². The molecular formula is C33H22FN3O5. The van der Waals surface area contributed by atoms with E-state index < -0.39 is 51.6 Å². The van der Waals surface area contributed by atoms with Gasteiger partial charge in [0.2, 0.25) is 5.91 Å². The molecular weight excluding hydrogens is 537 g/mol. The lowest BCUT2D eigenvalue weighted by Gasteiger charge is -2.37. The maximum atomic E-state index is 15.2. The van der Waals surface area contributed by atoms with Crippen LogP contribution in [0.5, 0.6) is 0 Å². The van der Waals surface area contributed by atoms with E-state index in [0.29, 0.717) is 16.9 Å². The van der Waals surface area contributed by atoms with Crippen LogP contribution >= 0.6 is 0 Å². The summed E-state index contributed by atoms with van der Waals surface area (Å²) in [6.45, 7) is 0. The van der Waals surface area contributed by atoms with Crippen molar-refractivity contribution in [2.45, 2.75) is 17.5 Å². The zero-order valence-corrected chi connectivity index (χ0v) is 21.9. The van der Waals surface area contributed by atoms with Gasteiger partial charge in [0.1, 0.15) is 17.3 Å². The van der Waals surface area contributed by atoms with Crippen molar-refractivity contribution in [2.75, 3.05) is 10.2 Å². The van der Waals surface area contributed by atoms with Gasteiger partial charge in [0.15, 0.2) is 11.6 Å². The number of nitro groups is 1. The van der Waals surface area contributed by atoms with E-state index in [4.69, 9.17) is 0 Å². The first-order chi connectivity index (χ1) is 20.3. The Bertz CT molecular complexity index is 1850. The first-order valence-electron chi connectivity index (χ1n) is 13.4. The van der Waals surface area contributed by atoms with Crippen LogP contribution in [0.3, 0.4) is 0 Å². The molecule has 1 fully saturated rings. The van der Waals surface area contributed by atoms with Crippen LogP contribution in [0.25, 0.3) is 6.08 Å². The third-order valence-corrected chi connectivity index (χ3v) is 8.59. The second-order valence-corrected chi connectivity index (χ2v) is 10.6. The molecule has 8 nitrogen and oxygen atoms in total. The third kappa shape index (κ3) is 3.43. The van der Waals surface area contributed by atoms with Crippen LogP contribution in [0.2, 0.25) is 0 Å². The van der Waals surface area contributed by atoms with Crippen LogP contribution in [0.1, 0.15) is 31.8 Å². The van der Waals surface area contributed by atoms with Gasteiger partial charge in [-0.1, -0.05) is 60.7 Å². The molecule has 0 unspecified atom stereocenters. The second kappa shape index (κ2) is 9.31. The van der Waals surface area contributed by atoms with E-state index >= 15 is 4.39 Å². The van der Waals surface area contributed by atoms with Crippen LogP contribution in [-0.2, 0) is 10.2 Å². The zero-order valence-electron chi connectivity index (χ0n) is 21.9. The van der Waals surface area contributed by atoms with E-state index in [9.17, 15) is 24.5 Å². The van der Waals surface area contributed by atoms with E-state index in [1.165, 1.54) is 48.5 Å². The van der Waals surface area contributed by atoms with Crippen LogP contribution in [0, 0.1) is 21.8 Å². The number of hydrogen-bond donors (Lipinski definition) is 1. The number of nitro benzene ring substituents is 1. The highest BCUT2D eigenvalue weighted by Crippen LogP contribution is 2.58. The summed E-state index contributed by atoms with van der Waals surface area (Å²) < 4.78 is 15.2. The van der Waals surface area contributed by atoms with Crippen molar-refractivity contribution < 1.29 is 23.7 Å². The van der Waals surface area contributed by atoms with Crippen LogP contribution in [-0.4, -0.2) is 34.5 Å². The Kier molecular flexibility index (Phi) is 5.65. The number of rotatable bonds is 5. The van der Waals surface area contributed by atoms with Gasteiger partial charge >= 0.3 is 0 Å². The highest BCUT2D eigenvalue weighted by atomic mass is 19.1. The number of nitrogens with zero attached hydrogens (tertiary/aromatic N) is 2. The average molecular weight is 560 g/mol. The smallest absolute Gasteiger partial charge is 0.269 e. The van der Waals surface area contributed by atoms with Gasteiger partial charge in [-0.2, -0.15) is 0 Å². The monoisotopic (exact) mass is 559 g/mol. The number of hydrogen-bond acceptors (Lipinski definition) is 6. The van der Waals surface area contributed by atoms with Gasteiger partial charge in [0, 0.05) is 29.1 Å². The van der Waals surface area contributed by atoms with Crippen molar-refractivity contribution in [3.05, 3.63) is 141 Å². The molecule has 3 aliphatic rings. The SMILES string of the molecule is O=C(c1ccc([N+](=O)[O-])cc1)[C@@H]1[C@@H](C(=O)c2ccccc2F)[C@]2(C(=O)Nc3ccccc32)[C@H]2C=Cc3ccccc3N12. The lowest BCUT2D eigenvalue weighted by molar-refractivity contribution is -0.384. The molecule has 9 heteroatoms. The molecule has 4 aromatic rings. The summed E-state index contributed by atoms with van der Waals surface area (Å²) in [5.74, 6) is -3.76. The minimum absolute atomic E-state index is 0.131. The predicted octanol–water partition coefficient (Wildman–Crippen LogP) is 5.59. The number of carbonyl (C=O) groups excluding carboxylic acids is 3. The number of nitrogens with one attached hydrogen (secondary N) is 1. The number of para-hydroxylation sites is 2. The molecule has 1 saturated heterocycles. The van der Waals surface area contributed by atoms with Crippen molar-refractivity contribution in [1.29, 1.82) is 0 Å². The Morgan fingerprint density at radius 1 is 0.881 bits per heavy atom. The zero-order chi connectivity index (χ0) is 29.2. The number of anilines is 2. The average Bonchev–Trinajstić information content (AvgIpc) is 3.49. The number of Topliss-reactive ketones (excluding diaryl/α,β-unsaturated/α-hetero) is 2. The van der Waals surface area contributed by atoms with E-state index in [-0.39, 0.29) is 16.8 Å². The molecule has 4 aromatic carbocycles. The molecule has 3 heterocycles. The maximum Gasteiger partial charge on any atom is 0.269 e. The molecule has 1 spiro atoms. The standard InChI is InChI=1S/C33H22FN3O5/c34-24-10-4-2-8-22(24)31(39)28-29(30(38)20-13-16-21(17-14-20)37(41)42)36-26-12-6-1-7-19(26)15-18-27(36)33(28)23-9-3-5-11-25(23)35-32(33)40/h1-18,27-29H,(H,35,40)/t27-,28+,29+,33-/m1/s1. The molecule has 4 atom stereocenters. The summed E-state index contributed by atoms with van der Waals surface area (Å²) in [5, 5.41) is 14.2. The number of fused-ring (bicyclic) bond motifs is 6. The number of non-ortho nitro benzene ring substituents is 1. The van der Waals surface area contributed by atoms with Crippen molar-refractivity contribution in [3.8, 4) is 0 Å². The summed E-state index contributed by atoms with van der Waals surface area (Å²) >= 11 is 0. The van der Waals surface area contributed by atoms with Gasteiger partial charge in [0.05, 0.1) is 22.4 Å². The van der Waals surface area contributed by atoms with E-state index in [2.05, 4.69) is 5.32 Å². The van der Waals surface area contributed by atoms with E-state index in [1.807, 2.05) is 36.4 Å². The molecule has 0 aromatic heterocycles.